The standard InChI is InChI=1S/C38H27Cl3N2O10S2/c1-38(2,3)17-8-10-27(30(12-17)55(50,51)52)53-28-16-25(42-34-22(40)13-18(39)14-23(34)41)33-31-21(19-6-4-5-7-20(19)36(33)45)15-24(43-35(28)31)32-26(44)9-11-29(37(32)46)54(47,48)49/h4-16,42,44,46H,1-3H3,(H,47,48,49)(H,50,51,52)/p-2. The number of nitrogens with one attached hydrogen (secondary N) is 1. The number of aromatic nitrogens is 1. The minimum absolute atomic E-state index is 0.0151. The number of pyridine rings is 1. The molecule has 282 valence electrons. The van der Waals surface area contributed by atoms with Gasteiger partial charge in [-0.15, -0.1) is 0 Å². The van der Waals surface area contributed by atoms with Gasteiger partial charge in [0.05, 0.1) is 48.0 Å². The Morgan fingerprint density at radius 3 is 2.00 bits per heavy atom. The Morgan fingerprint density at radius 2 is 1.38 bits per heavy atom. The summed E-state index contributed by atoms with van der Waals surface area (Å²) in [6.45, 7) is 5.46. The molecule has 0 atom stereocenters. The van der Waals surface area contributed by atoms with Crippen molar-refractivity contribution in [1.82, 2.24) is 4.98 Å². The fraction of sp³-hybridized carbons (Fsp3) is 0.105. The lowest BCUT2D eigenvalue weighted by Gasteiger charge is -2.26. The fourth-order valence-corrected chi connectivity index (χ4v) is 8.48. The molecule has 0 fully saturated rings. The number of halogens is 3. The molecule has 0 amide bonds. The number of nitrogens with zero attached hydrogens (tertiary/aromatic N) is 1. The third-order valence-corrected chi connectivity index (χ3v) is 11.5. The first-order valence-corrected chi connectivity index (χ1v) is 20.0. The number of ketones is 1. The van der Waals surface area contributed by atoms with Crippen LogP contribution in [0.5, 0.6) is 23.0 Å². The molecule has 1 aromatic heterocycles. The first-order chi connectivity index (χ1) is 25.6. The second-order valence-corrected chi connectivity index (χ2v) is 17.5. The number of fused-ring (bicyclic) bond motifs is 2. The molecule has 5 aromatic carbocycles. The first-order valence-electron chi connectivity index (χ1n) is 16.0. The number of phenolic OH excluding ortho intramolecular Hbond substituents is 2. The van der Waals surface area contributed by atoms with Crippen LogP contribution in [0.15, 0.2) is 88.7 Å². The van der Waals surface area contributed by atoms with E-state index in [1.165, 1.54) is 36.4 Å². The van der Waals surface area contributed by atoms with Crippen molar-refractivity contribution in [2.45, 2.75) is 36.0 Å². The molecule has 17 heteroatoms. The van der Waals surface area contributed by atoms with Gasteiger partial charge in [-0.25, -0.2) is 21.8 Å². The van der Waals surface area contributed by atoms with Gasteiger partial charge >= 0.3 is 0 Å². The molecule has 0 unspecified atom stereocenters. The maximum absolute atomic E-state index is 14.4. The molecule has 3 N–H and O–H groups in total. The fourth-order valence-electron chi connectivity index (χ4n) is 6.37. The molecule has 1 aliphatic carbocycles. The van der Waals surface area contributed by atoms with Gasteiger partial charge in [0.25, 0.3) is 0 Å². The minimum atomic E-state index is -5.25. The summed E-state index contributed by atoms with van der Waals surface area (Å²) in [6, 6.07) is 17.6. The van der Waals surface area contributed by atoms with Gasteiger partial charge in [-0.1, -0.05) is 85.9 Å². The monoisotopic (exact) mass is 838 g/mol. The molecule has 0 saturated heterocycles. The SMILES string of the molecule is CC(C)(C)c1ccc(Oc2cc(Nc3c(Cl)cc(Cl)cc3Cl)c3c4c(cc(-c5c(O)ccc(S(=O)(=O)[O-])c5O)nc24)-c2ccccc2C3=O)c(S(=O)(=O)[O-])c1. The molecule has 6 aromatic rings. The van der Waals surface area contributed by atoms with Crippen LogP contribution in [0.2, 0.25) is 15.1 Å². The number of carbonyl (C=O) groups is 1. The minimum Gasteiger partial charge on any atom is -0.744 e. The predicted molar refractivity (Wildman–Crippen MR) is 205 cm³/mol. The van der Waals surface area contributed by atoms with Crippen LogP contribution in [0.25, 0.3) is 33.3 Å². The highest BCUT2D eigenvalue weighted by atomic mass is 35.5. The van der Waals surface area contributed by atoms with Crippen molar-refractivity contribution < 1.29 is 45.7 Å². The van der Waals surface area contributed by atoms with E-state index in [0.717, 1.165) is 12.1 Å². The highest BCUT2D eigenvalue weighted by Gasteiger charge is 2.33. The quantitative estimate of drug-likeness (QED) is 0.129. The molecule has 0 spiro atoms. The van der Waals surface area contributed by atoms with E-state index in [4.69, 9.17) is 39.5 Å². The third-order valence-electron chi connectivity index (χ3n) is 8.95. The zero-order valence-electron chi connectivity index (χ0n) is 28.6. The van der Waals surface area contributed by atoms with E-state index in [0.29, 0.717) is 11.1 Å². The molecular weight excluding hydrogens is 815 g/mol. The zero-order valence-corrected chi connectivity index (χ0v) is 32.5. The molecule has 0 radical (unpaired) electrons. The van der Waals surface area contributed by atoms with Gasteiger partial charge in [0.15, 0.2) is 11.5 Å². The molecule has 1 heterocycles. The van der Waals surface area contributed by atoms with E-state index in [-0.39, 0.29) is 65.5 Å². The Labute approximate surface area is 329 Å². The van der Waals surface area contributed by atoms with Crippen LogP contribution >= 0.6 is 34.8 Å². The summed E-state index contributed by atoms with van der Waals surface area (Å²) < 4.78 is 80.5. The van der Waals surface area contributed by atoms with Gasteiger partial charge in [-0.3, -0.25) is 4.79 Å². The highest BCUT2D eigenvalue weighted by Crippen LogP contribution is 2.51. The molecule has 0 bridgehead atoms. The highest BCUT2D eigenvalue weighted by molar-refractivity contribution is 7.86. The van der Waals surface area contributed by atoms with E-state index in [9.17, 15) is 40.9 Å². The van der Waals surface area contributed by atoms with E-state index in [1.54, 1.807) is 30.3 Å². The average molecular weight is 840 g/mol. The molecular formula is C38H25Cl3N2O10S2-2. The largest absolute Gasteiger partial charge is 0.744 e. The van der Waals surface area contributed by atoms with Crippen LogP contribution in [0, 0.1) is 0 Å². The smallest absolute Gasteiger partial charge is 0.196 e. The topological polar surface area (TPSA) is 206 Å². The Hall–Kier alpha value is -4.93. The summed E-state index contributed by atoms with van der Waals surface area (Å²) in [6.07, 6.45) is 0. The van der Waals surface area contributed by atoms with Crippen molar-refractivity contribution in [3.8, 4) is 45.4 Å². The average Bonchev–Trinajstić information content (AvgIpc) is 3.08. The summed E-state index contributed by atoms with van der Waals surface area (Å²) in [4.78, 5) is 17.3. The summed E-state index contributed by atoms with van der Waals surface area (Å²) >= 11 is 19.2. The Bertz CT molecular complexity index is 2870. The molecule has 0 aliphatic heterocycles. The molecule has 0 saturated carbocycles. The number of carbonyl (C=O) groups excluding carboxylic acids is 1. The van der Waals surface area contributed by atoms with Crippen molar-refractivity contribution in [3.05, 3.63) is 111 Å². The van der Waals surface area contributed by atoms with Gasteiger partial charge in [0.2, 0.25) is 0 Å². The molecule has 7 rings (SSSR count). The molecule has 55 heavy (non-hydrogen) atoms. The maximum Gasteiger partial charge on any atom is 0.196 e. The number of hydrogen-bond donors (Lipinski definition) is 3. The lowest BCUT2D eigenvalue weighted by atomic mass is 9.82. The number of anilines is 2. The Kier molecular flexibility index (Phi) is 9.33. The van der Waals surface area contributed by atoms with Crippen LogP contribution in [-0.2, 0) is 25.7 Å². The van der Waals surface area contributed by atoms with Crippen molar-refractivity contribution in [2.75, 3.05) is 5.32 Å². The van der Waals surface area contributed by atoms with Crippen LogP contribution in [0.4, 0.5) is 11.4 Å². The Balaban J connectivity index is 1.62. The van der Waals surface area contributed by atoms with E-state index < -0.39 is 64.0 Å². The van der Waals surface area contributed by atoms with Crippen molar-refractivity contribution in [2.24, 2.45) is 0 Å². The first kappa shape index (κ1) is 38.3. The molecule has 12 nitrogen and oxygen atoms in total. The van der Waals surface area contributed by atoms with E-state index in [1.807, 2.05) is 20.8 Å². The lowest BCUT2D eigenvalue weighted by Crippen LogP contribution is -2.14. The number of benzene rings is 5. The van der Waals surface area contributed by atoms with Crippen molar-refractivity contribution >= 4 is 83.1 Å². The summed E-state index contributed by atoms with van der Waals surface area (Å²) in [7, 11) is -10.4. The van der Waals surface area contributed by atoms with Gasteiger partial charge in [-0.05, 0) is 64.6 Å². The van der Waals surface area contributed by atoms with Gasteiger partial charge in [0.1, 0.15) is 43.0 Å². The van der Waals surface area contributed by atoms with Crippen LogP contribution in [0.1, 0.15) is 42.3 Å². The van der Waals surface area contributed by atoms with E-state index in [2.05, 4.69) is 10.3 Å². The van der Waals surface area contributed by atoms with Crippen molar-refractivity contribution in [1.29, 1.82) is 0 Å². The van der Waals surface area contributed by atoms with Gasteiger partial charge < -0.3 is 29.4 Å². The van der Waals surface area contributed by atoms with Gasteiger partial charge in [0, 0.05) is 22.0 Å². The van der Waals surface area contributed by atoms with E-state index >= 15 is 0 Å². The normalized spacial score (nSPS) is 12.8. The maximum atomic E-state index is 14.4. The molecule has 1 aliphatic rings. The predicted octanol–water partition coefficient (Wildman–Crippen LogP) is 9.13. The zero-order chi connectivity index (χ0) is 39.9. The number of rotatable bonds is 7. The second kappa shape index (κ2) is 13.4. The number of ether oxygens (including phenoxy) is 1. The number of phenols is 2. The van der Waals surface area contributed by atoms with Crippen LogP contribution < -0.4 is 10.1 Å². The number of aromatic hydroxyl groups is 2. The second-order valence-electron chi connectivity index (χ2n) is 13.5. The Morgan fingerprint density at radius 1 is 0.745 bits per heavy atom. The summed E-state index contributed by atoms with van der Waals surface area (Å²) in [5, 5.41) is 25.6. The summed E-state index contributed by atoms with van der Waals surface area (Å²) in [5.74, 6) is -2.92. The summed E-state index contributed by atoms with van der Waals surface area (Å²) in [5.41, 5.74) is -0.0296. The lowest BCUT2D eigenvalue weighted by molar-refractivity contribution is 0.104. The van der Waals surface area contributed by atoms with Gasteiger partial charge in [-0.2, -0.15) is 0 Å². The number of hydrogen-bond acceptors (Lipinski definition) is 12. The third kappa shape index (κ3) is 6.84. The van der Waals surface area contributed by atoms with Crippen LogP contribution in [0.3, 0.4) is 0 Å². The van der Waals surface area contributed by atoms with Crippen molar-refractivity contribution in [3.63, 3.8) is 0 Å². The van der Waals surface area contributed by atoms with Crippen LogP contribution in [-0.4, -0.2) is 46.9 Å².